The Balaban J connectivity index is 1.78. The van der Waals surface area contributed by atoms with E-state index in [1.165, 1.54) is 0 Å². The van der Waals surface area contributed by atoms with Crippen molar-refractivity contribution in [1.82, 2.24) is 0 Å². The first-order chi connectivity index (χ1) is 13.1. The Hall–Kier alpha value is -3.33. The Morgan fingerprint density at radius 2 is 1.41 bits per heavy atom. The van der Waals surface area contributed by atoms with Crippen LogP contribution in [0.15, 0.2) is 97.1 Å². The number of hydrogen-bond donors (Lipinski definition) is 1. The molecular formula is C24H23NO2. The van der Waals surface area contributed by atoms with Gasteiger partial charge in [0, 0.05) is 5.69 Å². The molecule has 0 atom stereocenters. The van der Waals surface area contributed by atoms with E-state index in [-0.39, 0.29) is 11.8 Å². The molecule has 3 nitrogen and oxygen atoms in total. The van der Waals surface area contributed by atoms with Crippen molar-refractivity contribution in [2.75, 3.05) is 11.9 Å². The summed E-state index contributed by atoms with van der Waals surface area (Å²) in [5, 5.41) is 3.02. The molecule has 3 heteroatoms. The van der Waals surface area contributed by atoms with E-state index in [2.05, 4.69) is 11.9 Å². The van der Waals surface area contributed by atoms with Gasteiger partial charge in [-0.3, -0.25) is 4.79 Å². The number of ether oxygens (including phenoxy) is 1. The Labute approximate surface area is 160 Å². The Bertz CT molecular complexity index is 847. The zero-order valence-corrected chi connectivity index (χ0v) is 15.4. The van der Waals surface area contributed by atoms with E-state index in [4.69, 9.17) is 4.74 Å². The molecule has 1 amide bonds. The summed E-state index contributed by atoms with van der Waals surface area (Å²) in [5.74, 6) is 0.313. The highest BCUT2D eigenvalue weighted by Crippen LogP contribution is 2.26. The topological polar surface area (TPSA) is 38.3 Å². The number of rotatable bonds is 7. The predicted octanol–water partition coefficient (Wildman–Crippen LogP) is 5.41. The number of carbonyl (C=O) groups is 1. The van der Waals surface area contributed by atoms with Crippen LogP contribution in [0.4, 0.5) is 5.69 Å². The molecule has 0 aliphatic rings. The van der Waals surface area contributed by atoms with Crippen LogP contribution in [0.5, 0.6) is 5.75 Å². The molecule has 0 fully saturated rings. The smallest absolute Gasteiger partial charge is 0.236 e. The molecule has 27 heavy (non-hydrogen) atoms. The molecule has 1 N–H and O–H groups in total. The number of nitrogens with one attached hydrogen (secondary N) is 1. The van der Waals surface area contributed by atoms with Gasteiger partial charge >= 0.3 is 0 Å². The Morgan fingerprint density at radius 3 is 1.89 bits per heavy atom. The summed E-state index contributed by atoms with van der Waals surface area (Å²) in [7, 11) is 0. The summed E-state index contributed by atoms with van der Waals surface area (Å²) in [5.41, 5.74) is 3.62. The van der Waals surface area contributed by atoms with Gasteiger partial charge in [-0.2, -0.15) is 0 Å². The summed E-state index contributed by atoms with van der Waals surface area (Å²) in [6.07, 6.45) is 0. The minimum Gasteiger partial charge on any atom is -0.489 e. The normalized spacial score (nSPS) is 10.4. The first-order valence-corrected chi connectivity index (χ1v) is 8.91. The van der Waals surface area contributed by atoms with Gasteiger partial charge in [-0.1, -0.05) is 67.2 Å². The maximum atomic E-state index is 13.1. The van der Waals surface area contributed by atoms with Gasteiger partial charge in [-0.15, -0.1) is 0 Å². The molecule has 0 radical (unpaired) electrons. The highest BCUT2D eigenvalue weighted by Gasteiger charge is 2.22. The molecule has 0 aliphatic heterocycles. The second-order valence-corrected chi connectivity index (χ2v) is 6.51. The van der Waals surface area contributed by atoms with Gasteiger partial charge in [-0.05, 0) is 47.9 Å². The van der Waals surface area contributed by atoms with Crippen LogP contribution in [0, 0.1) is 0 Å². The highest BCUT2D eigenvalue weighted by molar-refractivity contribution is 5.98. The molecule has 136 valence electrons. The van der Waals surface area contributed by atoms with Crippen LogP contribution in [0.1, 0.15) is 24.0 Å². The number of carbonyl (C=O) groups excluding carboxylic acids is 1. The zero-order valence-electron chi connectivity index (χ0n) is 15.4. The van der Waals surface area contributed by atoms with Crippen LogP contribution in [0.3, 0.4) is 0 Å². The molecule has 0 aliphatic carbocycles. The van der Waals surface area contributed by atoms with Gasteiger partial charge in [0.15, 0.2) is 0 Å². The third-order valence-electron chi connectivity index (χ3n) is 4.14. The van der Waals surface area contributed by atoms with Crippen LogP contribution < -0.4 is 10.1 Å². The molecule has 0 aromatic heterocycles. The fourth-order valence-corrected chi connectivity index (χ4v) is 2.84. The Kier molecular flexibility index (Phi) is 6.06. The monoisotopic (exact) mass is 357 g/mol. The number of benzene rings is 3. The average Bonchev–Trinajstić information content (AvgIpc) is 2.69. The molecule has 3 aromatic carbocycles. The van der Waals surface area contributed by atoms with Gasteiger partial charge in [0.2, 0.25) is 5.91 Å². The van der Waals surface area contributed by atoms with Crippen molar-refractivity contribution in [3.05, 3.63) is 108 Å². The molecule has 0 saturated heterocycles. The molecule has 0 bridgehead atoms. The van der Waals surface area contributed by atoms with Crippen molar-refractivity contribution in [3.63, 3.8) is 0 Å². The van der Waals surface area contributed by atoms with Crippen LogP contribution in [0.25, 0.3) is 0 Å². The summed E-state index contributed by atoms with van der Waals surface area (Å²) in [4.78, 5) is 13.1. The minimum absolute atomic E-state index is 0.0667. The van der Waals surface area contributed by atoms with E-state index < -0.39 is 0 Å². The SMILES string of the molecule is C=C(C)COc1ccc(NC(=O)C(c2ccccc2)c2ccccc2)cc1. The molecule has 3 aromatic rings. The third kappa shape index (κ3) is 5.08. The summed E-state index contributed by atoms with van der Waals surface area (Å²) in [6, 6.07) is 27.0. The minimum atomic E-state index is -0.369. The highest BCUT2D eigenvalue weighted by atomic mass is 16.5. The lowest BCUT2D eigenvalue weighted by Crippen LogP contribution is -2.22. The van der Waals surface area contributed by atoms with Crippen molar-refractivity contribution in [3.8, 4) is 5.75 Å². The first-order valence-electron chi connectivity index (χ1n) is 8.91. The van der Waals surface area contributed by atoms with Crippen molar-refractivity contribution in [2.45, 2.75) is 12.8 Å². The van der Waals surface area contributed by atoms with E-state index in [0.717, 1.165) is 28.1 Å². The summed E-state index contributed by atoms with van der Waals surface area (Å²) < 4.78 is 5.60. The summed E-state index contributed by atoms with van der Waals surface area (Å²) in [6.45, 7) is 6.22. The second kappa shape index (κ2) is 8.86. The van der Waals surface area contributed by atoms with Crippen molar-refractivity contribution in [1.29, 1.82) is 0 Å². The predicted molar refractivity (Wildman–Crippen MR) is 110 cm³/mol. The molecule has 0 heterocycles. The van der Waals surface area contributed by atoms with E-state index >= 15 is 0 Å². The van der Waals surface area contributed by atoms with Gasteiger partial charge in [0.25, 0.3) is 0 Å². The quantitative estimate of drug-likeness (QED) is 0.574. The lowest BCUT2D eigenvalue weighted by Gasteiger charge is -2.18. The maximum absolute atomic E-state index is 13.1. The van der Waals surface area contributed by atoms with Gasteiger partial charge < -0.3 is 10.1 Å². The van der Waals surface area contributed by atoms with Crippen molar-refractivity contribution >= 4 is 11.6 Å². The molecule has 0 spiro atoms. The van der Waals surface area contributed by atoms with E-state index in [1.807, 2.05) is 91.9 Å². The number of hydrogen-bond acceptors (Lipinski definition) is 2. The number of amides is 1. The van der Waals surface area contributed by atoms with Gasteiger partial charge in [0.05, 0.1) is 5.92 Å². The lowest BCUT2D eigenvalue weighted by atomic mass is 9.90. The lowest BCUT2D eigenvalue weighted by molar-refractivity contribution is -0.116. The third-order valence-corrected chi connectivity index (χ3v) is 4.14. The largest absolute Gasteiger partial charge is 0.489 e. The second-order valence-electron chi connectivity index (χ2n) is 6.51. The molecule has 0 unspecified atom stereocenters. The van der Waals surface area contributed by atoms with E-state index in [1.54, 1.807) is 0 Å². The van der Waals surface area contributed by atoms with Crippen molar-refractivity contribution < 1.29 is 9.53 Å². The fourth-order valence-electron chi connectivity index (χ4n) is 2.84. The van der Waals surface area contributed by atoms with Crippen LogP contribution >= 0.6 is 0 Å². The van der Waals surface area contributed by atoms with E-state index in [0.29, 0.717) is 6.61 Å². The van der Waals surface area contributed by atoms with Crippen LogP contribution in [-0.2, 0) is 4.79 Å². The van der Waals surface area contributed by atoms with Crippen molar-refractivity contribution in [2.24, 2.45) is 0 Å². The van der Waals surface area contributed by atoms with Gasteiger partial charge in [0.1, 0.15) is 12.4 Å². The van der Waals surface area contributed by atoms with Crippen LogP contribution in [-0.4, -0.2) is 12.5 Å². The molecular weight excluding hydrogens is 334 g/mol. The maximum Gasteiger partial charge on any atom is 0.236 e. The molecule has 0 saturated carbocycles. The van der Waals surface area contributed by atoms with Gasteiger partial charge in [-0.25, -0.2) is 0 Å². The number of anilines is 1. The molecule has 3 rings (SSSR count). The van der Waals surface area contributed by atoms with Crippen LogP contribution in [0.2, 0.25) is 0 Å². The summed E-state index contributed by atoms with van der Waals surface area (Å²) >= 11 is 0. The zero-order chi connectivity index (χ0) is 19.1. The fraction of sp³-hybridized carbons (Fsp3) is 0.125. The average molecular weight is 357 g/mol. The standard InChI is InChI=1S/C24H23NO2/c1-18(2)17-27-22-15-13-21(14-16-22)25-24(26)23(19-9-5-3-6-10-19)20-11-7-4-8-12-20/h3-16,23H,1,17H2,2H3,(H,25,26). The van der Waals surface area contributed by atoms with E-state index in [9.17, 15) is 4.79 Å². The first kappa shape index (κ1) is 18.5. The Morgan fingerprint density at radius 1 is 0.889 bits per heavy atom.